The van der Waals surface area contributed by atoms with Gasteiger partial charge in [-0.15, -0.1) is 0 Å². The van der Waals surface area contributed by atoms with E-state index in [1.807, 2.05) is 41.1 Å². The zero-order valence-electron chi connectivity index (χ0n) is 21.3. The number of amides is 1. The van der Waals surface area contributed by atoms with Crippen LogP contribution in [-0.4, -0.2) is 65.7 Å². The van der Waals surface area contributed by atoms with Gasteiger partial charge >= 0.3 is 0 Å². The molecule has 37 heavy (non-hydrogen) atoms. The highest BCUT2D eigenvalue weighted by atomic mass is 16.5. The van der Waals surface area contributed by atoms with Crippen LogP contribution < -0.4 is 20.3 Å². The van der Waals surface area contributed by atoms with Crippen molar-refractivity contribution in [2.75, 3.05) is 49.8 Å². The van der Waals surface area contributed by atoms with E-state index in [0.717, 1.165) is 41.9 Å². The number of benzene rings is 2. The van der Waals surface area contributed by atoms with Crippen LogP contribution in [0.2, 0.25) is 0 Å². The van der Waals surface area contributed by atoms with Crippen molar-refractivity contribution >= 4 is 39.8 Å². The maximum atomic E-state index is 12.3. The normalized spacial score (nSPS) is 15.2. The van der Waals surface area contributed by atoms with Gasteiger partial charge in [-0.05, 0) is 56.2 Å². The minimum atomic E-state index is -0.279. The van der Waals surface area contributed by atoms with E-state index in [0.29, 0.717) is 29.1 Å². The van der Waals surface area contributed by atoms with Crippen LogP contribution in [0.25, 0.3) is 16.7 Å². The number of carbonyl (C=O) groups is 1. The SMILES string of the molecule is C=CC(=O)Nc1cc(Nc2nccc(-n3ccc4ccccc43)n2)c(OC)cc1N1CC[C@H](N(C)C)C1. The average molecular weight is 498 g/mol. The Hall–Kier alpha value is -4.37. The third-order valence-corrected chi connectivity index (χ3v) is 6.73. The number of rotatable bonds is 8. The van der Waals surface area contributed by atoms with Gasteiger partial charge in [0.1, 0.15) is 11.6 Å². The highest BCUT2D eigenvalue weighted by Crippen LogP contribution is 2.39. The lowest BCUT2D eigenvalue weighted by Gasteiger charge is -2.25. The molecule has 0 bridgehead atoms. The lowest BCUT2D eigenvalue weighted by atomic mass is 10.2. The molecule has 1 amide bonds. The van der Waals surface area contributed by atoms with Crippen LogP contribution in [0.4, 0.5) is 23.0 Å². The number of carbonyl (C=O) groups excluding carboxylic acids is 1. The van der Waals surface area contributed by atoms with Gasteiger partial charge in [0.15, 0.2) is 0 Å². The van der Waals surface area contributed by atoms with Crippen LogP contribution in [0.5, 0.6) is 5.75 Å². The summed E-state index contributed by atoms with van der Waals surface area (Å²) < 4.78 is 7.77. The number of nitrogens with zero attached hydrogens (tertiary/aromatic N) is 5. The largest absolute Gasteiger partial charge is 0.494 e. The van der Waals surface area contributed by atoms with E-state index in [9.17, 15) is 4.79 Å². The summed E-state index contributed by atoms with van der Waals surface area (Å²) in [6.07, 6.45) is 6.01. The van der Waals surface area contributed by atoms with Crippen molar-refractivity contribution in [1.29, 1.82) is 0 Å². The van der Waals surface area contributed by atoms with Gasteiger partial charge in [0.05, 0.1) is 29.7 Å². The van der Waals surface area contributed by atoms with Gasteiger partial charge in [0, 0.05) is 37.6 Å². The molecule has 2 aromatic heterocycles. The minimum Gasteiger partial charge on any atom is -0.494 e. The van der Waals surface area contributed by atoms with E-state index in [1.165, 1.54) is 6.08 Å². The van der Waals surface area contributed by atoms with Crippen molar-refractivity contribution < 1.29 is 9.53 Å². The Morgan fingerprint density at radius 3 is 2.78 bits per heavy atom. The number of fused-ring (bicyclic) bond motifs is 1. The third kappa shape index (κ3) is 4.99. The fraction of sp³-hybridized carbons (Fsp3) is 0.250. The molecule has 9 heteroatoms. The molecule has 4 aromatic rings. The van der Waals surface area contributed by atoms with Gasteiger partial charge < -0.3 is 29.7 Å². The molecule has 5 rings (SSSR count). The first kappa shape index (κ1) is 24.3. The predicted molar refractivity (Wildman–Crippen MR) is 148 cm³/mol. The zero-order valence-corrected chi connectivity index (χ0v) is 21.3. The molecule has 9 nitrogen and oxygen atoms in total. The van der Waals surface area contributed by atoms with Crippen molar-refractivity contribution in [2.45, 2.75) is 12.5 Å². The second-order valence-electron chi connectivity index (χ2n) is 9.22. The number of likely N-dealkylation sites (N-methyl/N-ethyl adjacent to an activating group) is 1. The summed E-state index contributed by atoms with van der Waals surface area (Å²) in [6.45, 7) is 5.34. The molecule has 1 aliphatic rings. The van der Waals surface area contributed by atoms with E-state index in [1.54, 1.807) is 13.3 Å². The molecule has 1 fully saturated rings. The van der Waals surface area contributed by atoms with Crippen LogP contribution >= 0.6 is 0 Å². The minimum absolute atomic E-state index is 0.279. The van der Waals surface area contributed by atoms with Gasteiger partial charge in [0.2, 0.25) is 11.9 Å². The number of hydrogen-bond acceptors (Lipinski definition) is 7. The van der Waals surface area contributed by atoms with Crippen LogP contribution in [0.3, 0.4) is 0 Å². The number of ether oxygens (including phenoxy) is 1. The molecule has 3 heterocycles. The van der Waals surface area contributed by atoms with E-state index in [2.05, 4.69) is 64.3 Å². The molecule has 0 radical (unpaired) electrons. The Bertz CT molecular complexity index is 1450. The monoisotopic (exact) mass is 497 g/mol. The molecule has 1 aliphatic heterocycles. The van der Waals surface area contributed by atoms with E-state index in [4.69, 9.17) is 9.72 Å². The first-order valence-corrected chi connectivity index (χ1v) is 12.2. The summed E-state index contributed by atoms with van der Waals surface area (Å²) in [5, 5.41) is 7.38. The highest BCUT2D eigenvalue weighted by Gasteiger charge is 2.27. The van der Waals surface area contributed by atoms with Crippen molar-refractivity contribution in [1.82, 2.24) is 19.4 Å². The van der Waals surface area contributed by atoms with Crippen molar-refractivity contribution in [2.24, 2.45) is 0 Å². The molecule has 190 valence electrons. The van der Waals surface area contributed by atoms with Crippen molar-refractivity contribution in [3.05, 3.63) is 73.6 Å². The molecular weight excluding hydrogens is 466 g/mol. The highest BCUT2D eigenvalue weighted by molar-refractivity contribution is 6.02. The summed E-state index contributed by atoms with van der Waals surface area (Å²) >= 11 is 0. The lowest BCUT2D eigenvalue weighted by Crippen LogP contribution is -2.31. The Kier molecular flexibility index (Phi) is 6.78. The molecule has 1 saturated heterocycles. The second kappa shape index (κ2) is 10.3. The smallest absolute Gasteiger partial charge is 0.247 e. The first-order valence-electron chi connectivity index (χ1n) is 12.2. The summed E-state index contributed by atoms with van der Waals surface area (Å²) in [6, 6.07) is 16.3. The maximum absolute atomic E-state index is 12.3. The molecule has 2 N–H and O–H groups in total. The fourth-order valence-electron chi connectivity index (χ4n) is 4.71. The van der Waals surface area contributed by atoms with Crippen LogP contribution in [0.15, 0.2) is 73.6 Å². The number of aromatic nitrogens is 3. The molecule has 0 unspecified atom stereocenters. The zero-order chi connectivity index (χ0) is 25.9. The van der Waals surface area contributed by atoms with Crippen molar-refractivity contribution in [3.8, 4) is 11.6 Å². The summed E-state index contributed by atoms with van der Waals surface area (Å²) in [5.41, 5.74) is 3.27. The Morgan fingerprint density at radius 1 is 1.19 bits per heavy atom. The van der Waals surface area contributed by atoms with Gasteiger partial charge in [-0.1, -0.05) is 24.8 Å². The summed E-state index contributed by atoms with van der Waals surface area (Å²) in [5.74, 6) is 1.50. The number of anilines is 4. The molecular formula is C28H31N7O2. The Balaban J connectivity index is 1.49. The van der Waals surface area contributed by atoms with Gasteiger partial charge in [-0.2, -0.15) is 4.98 Å². The number of nitrogens with one attached hydrogen (secondary N) is 2. The van der Waals surface area contributed by atoms with Crippen LogP contribution in [-0.2, 0) is 4.79 Å². The average Bonchev–Trinajstić information content (AvgIpc) is 3.57. The van der Waals surface area contributed by atoms with Crippen molar-refractivity contribution in [3.63, 3.8) is 0 Å². The fourth-order valence-corrected chi connectivity index (χ4v) is 4.71. The van der Waals surface area contributed by atoms with Gasteiger partial charge in [0.25, 0.3) is 0 Å². The number of methoxy groups -OCH3 is 1. The standard InChI is InChI=1S/C28H31N7O2/c1-5-27(36)30-21-16-22(25(37-4)17-24(21)34-14-12-20(18-34)33(2)3)31-28-29-13-10-26(32-28)35-15-11-19-8-6-7-9-23(19)35/h5-11,13,15-17,20H,1,12,14,18H2,2-4H3,(H,30,36)(H,29,31,32)/t20-/m0/s1. The Morgan fingerprint density at radius 2 is 2.03 bits per heavy atom. The molecule has 0 aliphatic carbocycles. The number of para-hydroxylation sites is 1. The summed E-state index contributed by atoms with van der Waals surface area (Å²) in [7, 11) is 5.81. The van der Waals surface area contributed by atoms with E-state index >= 15 is 0 Å². The Labute approximate surface area is 216 Å². The third-order valence-electron chi connectivity index (χ3n) is 6.73. The second-order valence-corrected chi connectivity index (χ2v) is 9.22. The topological polar surface area (TPSA) is 87.5 Å². The molecule has 0 spiro atoms. The van der Waals surface area contributed by atoms with Gasteiger partial charge in [-0.25, -0.2) is 4.98 Å². The summed E-state index contributed by atoms with van der Waals surface area (Å²) in [4.78, 5) is 26.0. The van der Waals surface area contributed by atoms with E-state index in [-0.39, 0.29) is 5.91 Å². The van der Waals surface area contributed by atoms with Crippen LogP contribution in [0, 0.1) is 0 Å². The maximum Gasteiger partial charge on any atom is 0.247 e. The van der Waals surface area contributed by atoms with Gasteiger partial charge in [-0.3, -0.25) is 4.79 Å². The molecule has 2 aromatic carbocycles. The lowest BCUT2D eigenvalue weighted by molar-refractivity contribution is -0.111. The van der Waals surface area contributed by atoms with Crippen LogP contribution in [0.1, 0.15) is 6.42 Å². The quantitative estimate of drug-likeness (QED) is 0.348. The number of hydrogen-bond donors (Lipinski definition) is 2. The van der Waals surface area contributed by atoms with E-state index < -0.39 is 0 Å². The molecule has 1 atom stereocenters. The molecule has 0 saturated carbocycles. The predicted octanol–water partition coefficient (Wildman–Crippen LogP) is 4.44. The first-order chi connectivity index (χ1) is 18.0.